The van der Waals surface area contributed by atoms with E-state index in [1.165, 1.54) is 0 Å². The Kier molecular flexibility index (Phi) is 3.47. The third-order valence-electron chi connectivity index (χ3n) is 2.95. The summed E-state index contributed by atoms with van der Waals surface area (Å²) in [6, 6.07) is 11.1. The summed E-state index contributed by atoms with van der Waals surface area (Å²) >= 11 is 0. The fourth-order valence-corrected chi connectivity index (χ4v) is 1.95. The van der Waals surface area contributed by atoms with Crippen LogP contribution in [0.4, 0.5) is 5.82 Å². The van der Waals surface area contributed by atoms with Crippen molar-refractivity contribution in [1.29, 1.82) is 0 Å². The lowest BCUT2D eigenvalue weighted by molar-refractivity contribution is 0.482. The van der Waals surface area contributed by atoms with Crippen LogP contribution in [0.1, 0.15) is 5.69 Å². The van der Waals surface area contributed by atoms with Gasteiger partial charge in [-0.1, -0.05) is 0 Å². The van der Waals surface area contributed by atoms with Crippen LogP contribution < -0.4 is 10.5 Å². The lowest BCUT2D eigenvalue weighted by Crippen LogP contribution is -1.95. The average molecular weight is 278 g/mol. The Hall–Kier alpha value is -2.95. The molecule has 0 radical (unpaired) electrons. The van der Waals surface area contributed by atoms with Gasteiger partial charge in [-0.25, -0.2) is 4.98 Å². The van der Waals surface area contributed by atoms with E-state index >= 15 is 0 Å². The predicted molar refractivity (Wildman–Crippen MR) is 80.9 cm³/mol. The van der Waals surface area contributed by atoms with Gasteiger partial charge in [-0.3, -0.25) is 9.97 Å². The van der Waals surface area contributed by atoms with E-state index in [2.05, 4.69) is 15.0 Å². The largest absolute Gasteiger partial charge is 0.453 e. The summed E-state index contributed by atoms with van der Waals surface area (Å²) < 4.78 is 5.76. The van der Waals surface area contributed by atoms with Gasteiger partial charge < -0.3 is 10.5 Å². The molecular formula is C16H14N4O. The Balaban J connectivity index is 1.92. The molecule has 0 spiro atoms. The van der Waals surface area contributed by atoms with Crippen molar-refractivity contribution in [2.45, 2.75) is 6.92 Å². The van der Waals surface area contributed by atoms with Crippen molar-refractivity contribution < 1.29 is 4.74 Å². The SMILES string of the molecule is Cc1cc(-c2cc(Oc3cccnc3N)ccn2)ccn1. The molecule has 0 aliphatic carbocycles. The van der Waals surface area contributed by atoms with Crippen molar-refractivity contribution in [2.75, 3.05) is 5.73 Å². The second-order valence-corrected chi connectivity index (χ2v) is 4.55. The first-order valence-corrected chi connectivity index (χ1v) is 6.50. The summed E-state index contributed by atoms with van der Waals surface area (Å²) in [4.78, 5) is 12.5. The molecular weight excluding hydrogens is 264 g/mol. The summed E-state index contributed by atoms with van der Waals surface area (Å²) in [5.74, 6) is 1.55. The van der Waals surface area contributed by atoms with E-state index in [0.29, 0.717) is 17.3 Å². The molecule has 5 nitrogen and oxygen atoms in total. The molecule has 0 amide bonds. The van der Waals surface area contributed by atoms with E-state index in [1.807, 2.05) is 25.1 Å². The molecule has 0 bridgehead atoms. The van der Waals surface area contributed by atoms with Crippen LogP contribution in [0.3, 0.4) is 0 Å². The summed E-state index contributed by atoms with van der Waals surface area (Å²) in [5, 5.41) is 0. The number of hydrogen-bond donors (Lipinski definition) is 1. The number of ether oxygens (including phenoxy) is 1. The van der Waals surface area contributed by atoms with Gasteiger partial charge in [0, 0.05) is 35.9 Å². The molecule has 21 heavy (non-hydrogen) atoms. The van der Waals surface area contributed by atoms with Crippen LogP contribution in [0, 0.1) is 6.92 Å². The Morgan fingerprint density at radius 3 is 2.62 bits per heavy atom. The molecule has 104 valence electrons. The zero-order chi connectivity index (χ0) is 14.7. The quantitative estimate of drug-likeness (QED) is 0.796. The van der Waals surface area contributed by atoms with E-state index in [0.717, 1.165) is 17.0 Å². The minimum atomic E-state index is 0.357. The van der Waals surface area contributed by atoms with Gasteiger partial charge >= 0.3 is 0 Å². The van der Waals surface area contributed by atoms with Crippen molar-refractivity contribution in [2.24, 2.45) is 0 Å². The number of nitrogen functional groups attached to an aromatic ring is 1. The van der Waals surface area contributed by atoms with Crippen LogP contribution in [0.5, 0.6) is 11.5 Å². The molecule has 0 aromatic carbocycles. The van der Waals surface area contributed by atoms with Crippen LogP contribution in [-0.2, 0) is 0 Å². The van der Waals surface area contributed by atoms with Crippen molar-refractivity contribution in [1.82, 2.24) is 15.0 Å². The summed E-state index contributed by atoms with van der Waals surface area (Å²) in [6.45, 7) is 1.94. The first-order valence-electron chi connectivity index (χ1n) is 6.50. The van der Waals surface area contributed by atoms with E-state index in [1.54, 1.807) is 36.8 Å². The molecule has 0 aliphatic rings. The fourth-order valence-electron chi connectivity index (χ4n) is 1.95. The van der Waals surface area contributed by atoms with E-state index < -0.39 is 0 Å². The summed E-state index contributed by atoms with van der Waals surface area (Å²) in [6.07, 6.45) is 5.09. The molecule has 0 atom stereocenters. The van der Waals surface area contributed by atoms with Crippen molar-refractivity contribution >= 4 is 5.82 Å². The minimum absolute atomic E-state index is 0.357. The highest BCUT2D eigenvalue weighted by molar-refractivity contribution is 5.61. The van der Waals surface area contributed by atoms with Crippen LogP contribution >= 0.6 is 0 Å². The highest BCUT2D eigenvalue weighted by atomic mass is 16.5. The monoisotopic (exact) mass is 278 g/mol. The molecule has 3 rings (SSSR count). The second-order valence-electron chi connectivity index (χ2n) is 4.55. The van der Waals surface area contributed by atoms with Crippen molar-refractivity contribution in [3.05, 3.63) is 60.7 Å². The number of hydrogen-bond acceptors (Lipinski definition) is 5. The van der Waals surface area contributed by atoms with E-state index in [4.69, 9.17) is 10.5 Å². The van der Waals surface area contributed by atoms with Gasteiger partial charge in [0.15, 0.2) is 11.6 Å². The van der Waals surface area contributed by atoms with Crippen LogP contribution in [-0.4, -0.2) is 15.0 Å². The molecule has 0 unspecified atom stereocenters. The minimum Gasteiger partial charge on any atom is -0.453 e. The number of rotatable bonds is 3. The van der Waals surface area contributed by atoms with Crippen molar-refractivity contribution in [3.8, 4) is 22.8 Å². The molecule has 0 fully saturated rings. The second kappa shape index (κ2) is 5.58. The Morgan fingerprint density at radius 2 is 1.81 bits per heavy atom. The molecule has 5 heteroatoms. The molecule has 0 saturated carbocycles. The molecule has 3 heterocycles. The van der Waals surface area contributed by atoms with Gasteiger partial charge in [0.1, 0.15) is 5.75 Å². The topological polar surface area (TPSA) is 73.9 Å². The highest BCUT2D eigenvalue weighted by Crippen LogP contribution is 2.28. The Morgan fingerprint density at radius 1 is 0.952 bits per heavy atom. The normalized spacial score (nSPS) is 10.3. The number of nitrogens with two attached hydrogens (primary N) is 1. The molecule has 0 aliphatic heterocycles. The number of aromatic nitrogens is 3. The summed E-state index contributed by atoms with van der Waals surface area (Å²) in [7, 11) is 0. The Labute approximate surface area is 122 Å². The zero-order valence-corrected chi connectivity index (χ0v) is 11.5. The fraction of sp³-hybridized carbons (Fsp3) is 0.0625. The van der Waals surface area contributed by atoms with Crippen LogP contribution in [0.15, 0.2) is 55.0 Å². The van der Waals surface area contributed by atoms with Gasteiger partial charge in [-0.15, -0.1) is 0 Å². The first kappa shape index (κ1) is 13.1. The predicted octanol–water partition coefficient (Wildman–Crippen LogP) is 3.22. The lowest BCUT2D eigenvalue weighted by Gasteiger charge is -2.08. The summed E-state index contributed by atoms with van der Waals surface area (Å²) in [5.41, 5.74) is 8.53. The molecule has 2 N–H and O–H groups in total. The standard InChI is InChI=1S/C16H14N4O/c1-11-9-12(4-7-18-11)14-10-13(5-8-19-14)21-15-3-2-6-20-16(15)17/h2-10H,1H3,(H2,17,20). The van der Waals surface area contributed by atoms with Crippen molar-refractivity contribution in [3.63, 3.8) is 0 Å². The maximum absolute atomic E-state index is 5.78. The molecule has 0 saturated heterocycles. The van der Waals surface area contributed by atoms with Gasteiger partial charge in [0.2, 0.25) is 0 Å². The van der Waals surface area contributed by atoms with Crippen LogP contribution in [0.2, 0.25) is 0 Å². The number of aryl methyl sites for hydroxylation is 1. The Bertz CT molecular complexity index is 773. The third kappa shape index (κ3) is 2.97. The average Bonchev–Trinajstić information content (AvgIpc) is 2.50. The smallest absolute Gasteiger partial charge is 0.169 e. The third-order valence-corrected chi connectivity index (χ3v) is 2.95. The lowest BCUT2D eigenvalue weighted by atomic mass is 10.1. The van der Waals surface area contributed by atoms with E-state index in [9.17, 15) is 0 Å². The first-order chi connectivity index (χ1) is 10.2. The maximum atomic E-state index is 5.78. The van der Waals surface area contributed by atoms with Gasteiger partial charge in [0.05, 0.1) is 5.69 Å². The number of anilines is 1. The number of nitrogens with zero attached hydrogens (tertiary/aromatic N) is 3. The van der Waals surface area contributed by atoms with Gasteiger partial charge in [0.25, 0.3) is 0 Å². The number of pyridine rings is 3. The van der Waals surface area contributed by atoms with Gasteiger partial charge in [-0.2, -0.15) is 0 Å². The maximum Gasteiger partial charge on any atom is 0.169 e. The van der Waals surface area contributed by atoms with Crippen LogP contribution in [0.25, 0.3) is 11.3 Å². The molecule has 3 aromatic rings. The highest BCUT2D eigenvalue weighted by Gasteiger charge is 2.05. The zero-order valence-electron chi connectivity index (χ0n) is 11.5. The van der Waals surface area contributed by atoms with Gasteiger partial charge in [-0.05, 0) is 37.3 Å². The molecule has 3 aromatic heterocycles. The van der Waals surface area contributed by atoms with E-state index in [-0.39, 0.29) is 0 Å².